The van der Waals surface area contributed by atoms with Crippen LogP contribution in [-0.2, 0) is 19.2 Å². The number of amides is 2. The van der Waals surface area contributed by atoms with E-state index in [0.29, 0.717) is 42.4 Å². The van der Waals surface area contributed by atoms with E-state index in [0.717, 1.165) is 31.6 Å². The number of amidine groups is 1. The number of anilines is 1. The molecule has 2 N–H and O–H groups in total. The summed E-state index contributed by atoms with van der Waals surface area (Å²) in [6, 6.07) is 5.41. The van der Waals surface area contributed by atoms with Gasteiger partial charge in [0, 0.05) is 30.9 Å². The Morgan fingerprint density at radius 3 is 2.89 bits per heavy atom. The Labute approximate surface area is 159 Å². The minimum absolute atomic E-state index is 0.0136. The molecule has 8 nitrogen and oxygen atoms in total. The molecule has 1 aromatic carbocycles. The lowest BCUT2D eigenvalue weighted by atomic mass is 9.96. The van der Waals surface area contributed by atoms with Crippen molar-refractivity contribution in [2.45, 2.75) is 26.2 Å². The zero-order chi connectivity index (χ0) is 19.5. The van der Waals surface area contributed by atoms with Gasteiger partial charge in [0.1, 0.15) is 6.61 Å². The summed E-state index contributed by atoms with van der Waals surface area (Å²) < 4.78 is 5.29. The number of oxime groups is 1. The topological polar surface area (TPSA) is 101 Å². The zero-order valence-electron chi connectivity index (χ0n) is 15.6. The molecule has 0 atom stereocenters. The van der Waals surface area contributed by atoms with Gasteiger partial charge in [-0.25, -0.2) is 4.99 Å². The predicted octanol–water partition coefficient (Wildman–Crippen LogP) is 1.88. The minimum Gasteiger partial charge on any atom is -0.392 e. The minimum atomic E-state index is 0.0136. The van der Waals surface area contributed by atoms with Crippen LogP contribution in [0.25, 0.3) is 0 Å². The molecule has 27 heavy (non-hydrogen) atoms. The number of carbonyl (C=O) groups is 2. The van der Waals surface area contributed by atoms with Gasteiger partial charge >= 0.3 is 0 Å². The molecule has 0 saturated carbocycles. The first-order chi connectivity index (χ1) is 13.1. The van der Waals surface area contributed by atoms with Crippen LogP contribution in [-0.4, -0.2) is 51.2 Å². The number of rotatable bonds is 9. The first-order valence-electron chi connectivity index (χ1n) is 8.96. The van der Waals surface area contributed by atoms with E-state index >= 15 is 0 Å². The Balaban J connectivity index is 1.78. The third-order valence-corrected chi connectivity index (χ3v) is 4.34. The summed E-state index contributed by atoms with van der Waals surface area (Å²) in [5, 5.41) is 9.41. The van der Waals surface area contributed by atoms with Crippen LogP contribution in [0.5, 0.6) is 0 Å². The number of benzene rings is 1. The van der Waals surface area contributed by atoms with Crippen LogP contribution < -0.4 is 10.6 Å². The summed E-state index contributed by atoms with van der Waals surface area (Å²) in [5.74, 6) is 0.710. The lowest BCUT2D eigenvalue weighted by Crippen LogP contribution is -2.30. The average molecular weight is 374 g/mol. The van der Waals surface area contributed by atoms with Gasteiger partial charge in [-0.1, -0.05) is 17.3 Å². The summed E-state index contributed by atoms with van der Waals surface area (Å²) in [4.78, 5) is 31.7. The van der Waals surface area contributed by atoms with Crippen LogP contribution in [0.2, 0.25) is 0 Å². The average Bonchev–Trinajstić information content (AvgIpc) is 2.67. The van der Waals surface area contributed by atoms with Gasteiger partial charge in [0.25, 0.3) is 0 Å². The molecule has 0 bridgehead atoms. The van der Waals surface area contributed by atoms with Crippen LogP contribution in [0.15, 0.2) is 28.3 Å². The van der Waals surface area contributed by atoms with E-state index in [4.69, 9.17) is 9.57 Å². The van der Waals surface area contributed by atoms with Gasteiger partial charge in [0.2, 0.25) is 12.3 Å². The highest BCUT2D eigenvalue weighted by Crippen LogP contribution is 2.18. The molecule has 0 aliphatic carbocycles. The molecule has 1 saturated heterocycles. The Morgan fingerprint density at radius 2 is 2.19 bits per heavy atom. The SMILES string of the molecule is C=N/C(=N\OCCNC(=O)CC1CCOCC1)c1ccc(C)c(NC=O)c1. The standard InChI is InChI=1S/C19H26N4O4/c1-14-3-4-16(12-17(14)22-13-24)19(20-2)23-27-10-7-21-18(25)11-15-5-8-26-9-6-15/h3-4,12-13,15H,2,5-11H2,1H3,(H,21,25)(H,22,24)/b23-19-. The fourth-order valence-electron chi connectivity index (χ4n) is 2.78. The summed E-state index contributed by atoms with van der Waals surface area (Å²) in [6.45, 7) is 7.43. The number of aryl methyl sites for hydroxylation is 1. The zero-order valence-corrected chi connectivity index (χ0v) is 15.6. The normalized spacial score (nSPS) is 15.1. The van der Waals surface area contributed by atoms with E-state index in [1.807, 2.05) is 19.1 Å². The molecule has 0 spiro atoms. The largest absolute Gasteiger partial charge is 0.392 e. The van der Waals surface area contributed by atoms with Gasteiger partial charge in [-0.2, -0.15) is 0 Å². The molecular weight excluding hydrogens is 348 g/mol. The number of hydrogen-bond acceptors (Lipinski definition) is 5. The monoisotopic (exact) mass is 374 g/mol. The number of carbonyl (C=O) groups excluding carboxylic acids is 2. The van der Waals surface area contributed by atoms with Gasteiger partial charge in [-0.3, -0.25) is 9.59 Å². The second-order valence-electron chi connectivity index (χ2n) is 6.31. The Kier molecular flexibility index (Phi) is 8.44. The molecule has 2 rings (SSSR count). The van der Waals surface area contributed by atoms with Crippen LogP contribution in [0.3, 0.4) is 0 Å². The second-order valence-corrected chi connectivity index (χ2v) is 6.31. The molecule has 1 aliphatic rings. The summed E-state index contributed by atoms with van der Waals surface area (Å²) in [7, 11) is 0. The van der Waals surface area contributed by atoms with E-state index in [2.05, 4.69) is 27.5 Å². The van der Waals surface area contributed by atoms with Crippen molar-refractivity contribution in [3.05, 3.63) is 29.3 Å². The lowest BCUT2D eigenvalue weighted by Gasteiger charge is -2.21. The molecule has 1 aliphatic heterocycles. The Bertz CT molecular complexity index is 684. The molecule has 8 heteroatoms. The van der Waals surface area contributed by atoms with Crippen molar-refractivity contribution in [2.24, 2.45) is 16.1 Å². The van der Waals surface area contributed by atoms with Gasteiger partial charge < -0.3 is 20.2 Å². The molecule has 1 aromatic rings. The number of aliphatic imine (C=N–C) groups is 1. The van der Waals surface area contributed by atoms with Gasteiger partial charge in [-0.15, -0.1) is 0 Å². The van der Waals surface area contributed by atoms with Crippen molar-refractivity contribution >= 4 is 30.6 Å². The van der Waals surface area contributed by atoms with Gasteiger partial charge in [-0.05, 0) is 44.0 Å². The van der Waals surface area contributed by atoms with E-state index in [9.17, 15) is 9.59 Å². The molecule has 0 aromatic heterocycles. The number of ether oxygens (including phenoxy) is 1. The van der Waals surface area contributed by atoms with Crippen molar-refractivity contribution < 1.29 is 19.2 Å². The fraction of sp³-hybridized carbons (Fsp3) is 0.474. The molecule has 1 heterocycles. The van der Waals surface area contributed by atoms with Gasteiger partial charge in [0.15, 0.2) is 5.84 Å². The lowest BCUT2D eigenvalue weighted by molar-refractivity contribution is -0.122. The van der Waals surface area contributed by atoms with Crippen LogP contribution in [0.1, 0.15) is 30.4 Å². The number of nitrogens with one attached hydrogen (secondary N) is 2. The summed E-state index contributed by atoms with van der Waals surface area (Å²) in [5.41, 5.74) is 2.25. The maximum Gasteiger partial charge on any atom is 0.220 e. The predicted molar refractivity (Wildman–Crippen MR) is 104 cm³/mol. The van der Waals surface area contributed by atoms with Gasteiger partial charge in [0.05, 0.1) is 6.54 Å². The quantitative estimate of drug-likeness (QED) is 0.226. The van der Waals surface area contributed by atoms with E-state index in [1.54, 1.807) is 6.07 Å². The van der Waals surface area contributed by atoms with Crippen molar-refractivity contribution in [1.29, 1.82) is 0 Å². The maximum atomic E-state index is 11.9. The van der Waals surface area contributed by atoms with Crippen molar-refractivity contribution in [3.63, 3.8) is 0 Å². The number of hydrogen-bond donors (Lipinski definition) is 2. The summed E-state index contributed by atoms with van der Waals surface area (Å²) in [6.07, 6.45) is 2.99. The Morgan fingerprint density at radius 1 is 1.41 bits per heavy atom. The van der Waals surface area contributed by atoms with Crippen molar-refractivity contribution in [2.75, 3.05) is 31.7 Å². The molecule has 1 fully saturated rings. The molecule has 2 amide bonds. The van der Waals surface area contributed by atoms with E-state index in [-0.39, 0.29) is 12.5 Å². The smallest absolute Gasteiger partial charge is 0.220 e. The fourth-order valence-corrected chi connectivity index (χ4v) is 2.78. The number of nitrogens with zero attached hydrogens (tertiary/aromatic N) is 2. The third kappa shape index (κ3) is 6.82. The van der Waals surface area contributed by atoms with Crippen molar-refractivity contribution in [1.82, 2.24) is 5.32 Å². The molecule has 0 radical (unpaired) electrons. The van der Waals surface area contributed by atoms with Crippen LogP contribution in [0.4, 0.5) is 5.69 Å². The van der Waals surface area contributed by atoms with Crippen molar-refractivity contribution in [3.8, 4) is 0 Å². The maximum absolute atomic E-state index is 11.9. The first kappa shape index (κ1) is 20.6. The third-order valence-electron chi connectivity index (χ3n) is 4.34. The molecule has 146 valence electrons. The highest BCUT2D eigenvalue weighted by atomic mass is 16.6. The Hall–Kier alpha value is -2.74. The van der Waals surface area contributed by atoms with Crippen LogP contribution >= 0.6 is 0 Å². The first-order valence-corrected chi connectivity index (χ1v) is 8.96. The molecule has 0 unspecified atom stereocenters. The summed E-state index contributed by atoms with van der Waals surface area (Å²) >= 11 is 0. The highest BCUT2D eigenvalue weighted by Gasteiger charge is 2.17. The second kappa shape index (κ2) is 11.1. The van der Waals surface area contributed by atoms with Crippen LogP contribution in [0, 0.1) is 12.8 Å². The van der Waals surface area contributed by atoms with E-state index < -0.39 is 0 Å². The highest BCUT2D eigenvalue weighted by molar-refractivity contribution is 6.02. The molecular formula is C19H26N4O4. The van der Waals surface area contributed by atoms with E-state index in [1.165, 1.54) is 0 Å².